The van der Waals surface area contributed by atoms with Crippen LogP contribution in [-0.2, 0) is 23.8 Å². The molecular formula is C17H21ClO7. The third kappa shape index (κ3) is 1.92. The van der Waals surface area contributed by atoms with E-state index in [1.165, 1.54) is 6.92 Å². The van der Waals surface area contributed by atoms with Crippen molar-refractivity contribution in [1.29, 1.82) is 0 Å². The maximum absolute atomic E-state index is 12.2. The first kappa shape index (κ1) is 17.3. The van der Waals surface area contributed by atoms with Crippen LogP contribution < -0.4 is 0 Å². The molecular weight excluding hydrogens is 352 g/mol. The molecule has 2 saturated heterocycles. The molecule has 8 heteroatoms. The van der Waals surface area contributed by atoms with Crippen LogP contribution in [0.4, 0.5) is 0 Å². The second-order valence-electron chi connectivity index (χ2n) is 7.98. The van der Waals surface area contributed by atoms with Gasteiger partial charge in [0.15, 0.2) is 0 Å². The zero-order valence-electron chi connectivity index (χ0n) is 14.2. The summed E-state index contributed by atoms with van der Waals surface area (Å²) in [6.45, 7) is 8.17. The Hall–Kier alpha value is -1.15. The van der Waals surface area contributed by atoms with Gasteiger partial charge >= 0.3 is 11.9 Å². The lowest BCUT2D eigenvalue weighted by Crippen LogP contribution is -2.56. The molecule has 9 unspecified atom stereocenters. The Kier molecular flexibility index (Phi) is 3.29. The van der Waals surface area contributed by atoms with Gasteiger partial charge in [-0.15, -0.1) is 11.6 Å². The Morgan fingerprint density at radius 3 is 2.64 bits per heavy atom. The quantitative estimate of drug-likeness (QED) is 0.295. The molecule has 0 aromatic rings. The lowest BCUT2D eigenvalue weighted by molar-refractivity contribution is -0.159. The summed E-state index contributed by atoms with van der Waals surface area (Å²) in [7, 11) is 0. The molecule has 4 rings (SSSR count). The highest BCUT2D eigenvalue weighted by Gasteiger charge is 2.86. The molecule has 2 saturated carbocycles. The third-order valence-electron chi connectivity index (χ3n) is 6.35. The van der Waals surface area contributed by atoms with E-state index in [0.29, 0.717) is 0 Å². The number of carbonyl (C=O) groups excluding carboxylic acids is 2. The number of halogens is 1. The number of ether oxygens (including phenoxy) is 3. The van der Waals surface area contributed by atoms with Crippen LogP contribution in [0.25, 0.3) is 0 Å². The predicted molar refractivity (Wildman–Crippen MR) is 84.7 cm³/mol. The topological polar surface area (TPSA) is 106 Å². The molecule has 1 spiro atoms. The molecule has 2 N–H and O–H groups in total. The summed E-state index contributed by atoms with van der Waals surface area (Å²) in [5, 5.41) is 21.5. The van der Waals surface area contributed by atoms with Gasteiger partial charge in [0, 0.05) is 18.9 Å². The van der Waals surface area contributed by atoms with Crippen molar-refractivity contribution in [2.24, 2.45) is 11.8 Å². The predicted octanol–water partition coefficient (Wildman–Crippen LogP) is 0.296. The standard InChI is InChI=1S/C17H21ClO7/c1-6-9-8(23-7(2)19)5-15(3,21)17-11(10(9)24-14(6)20)16(4,22)12(18)13(17)25-17/h8-13,21-22H,1,5H2,2-4H3. The fourth-order valence-electron chi connectivity index (χ4n) is 5.29. The van der Waals surface area contributed by atoms with Crippen LogP contribution in [0.3, 0.4) is 0 Å². The molecule has 9 atom stereocenters. The smallest absolute Gasteiger partial charge is 0.334 e. The first-order valence-electron chi connectivity index (χ1n) is 8.29. The van der Waals surface area contributed by atoms with Crippen LogP contribution in [0.5, 0.6) is 0 Å². The van der Waals surface area contributed by atoms with Crippen molar-refractivity contribution in [2.45, 2.75) is 67.7 Å². The molecule has 2 aliphatic heterocycles. The molecule has 2 aliphatic carbocycles. The first-order chi connectivity index (χ1) is 11.4. The summed E-state index contributed by atoms with van der Waals surface area (Å²) in [4.78, 5) is 23.7. The van der Waals surface area contributed by atoms with E-state index in [-0.39, 0.29) is 12.0 Å². The maximum Gasteiger partial charge on any atom is 0.334 e. The number of rotatable bonds is 1. The van der Waals surface area contributed by atoms with Crippen LogP contribution in [0, 0.1) is 11.8 Å². The van der Waals surface area contributed by atoms with Gasteiger partial charge in [-0.25, -0.2) is 4.79 Å². The Morgan fingerprint density at radius 2 is 2.04 bits per heavy atom. The van der Waals surface area contributed by atoms with Gasteiger partial charge < -0.3 is 24.4 Å². The van der Waals surface area contributed by atoms with Gasteiger partial charge in [0.05, 0.1) is 28.4 Å². The van der Waals surface area contributed by atoms with E-state index in [9.17, 15) is 19.8 Å². The molecule has 0 aromatic heterocycles. The van der Waals surface area contributed by atoms with Crippen molar-refractivity contribution in [1.82, 2.24) is 0 Å². The minimum Gasteiger partial charge on any atom is -0.462 e. The molecule has 0 bridgehead atoms. The van der Waals surface area contributed by atoms with E-state index >= 15 is 0 Å². The molecule has 4 aliphatic rings. The Bertz CT molecular complexity index is 686. The van der Waals surface area contributed by atoms with E-state index in [1.54, 1.807) is 13.8 Å². The highest BCUT2D eigenvalue weighted by atomic mass is 35.5. The van der Waals surface area contributed by atoms with Crippen molar-refractivity contribution in [3.8, 4) is 0 Å². The van der Waals surface area contributed by atoms with Crippen molar-refractivity contribution >= 4 is 23.5 Å². The number of esters is 2. The molecule has 0 amide bonds. The second kappa shape index (κ2) is 4.76. The minimum atomic E-state index is -1.44. The molecule has 0 aromatic carbocycles. The normalized spacial score (nSPS) is 56.4. The molecule has 7 nitrogen and oxygen atoms in total. The van der Waals surface area contributed by atoms with Gasteiger partial charge in [-0.1, -0.05) is 6.58 Å². The average Bonchev–Trinajstić information content (AvgIpc) is 3.10. The lowest BCUT2D eigenvalue weighted by atomic mass is 9.73. The number of epoxide rings is 1. The lowest BCUT2D eigenvalue weighted by Gasteiger charge is -2.40. The maximum atomic E-state index is 12.2. The SMILES string of the molecule is C=C1C(=O)OC2C1C(OC(C)=O)CC(C)(O)C13OC1C(Cl)C(C)(O)C23. The molecule has 0 radical (unpaired) electrons. The van der Waals surface area contributed by atoms with Gasteiger partial charge in [-0.3, -0.25) is 4.79 Å². The molecule has 2 heterocycles. The van der Waals surface area contributed by atoms with Gasteiger partial charge in [0.1, 0.15) is 23.9 Å². The van der Waals surface area contributed by atoms with E-state index in [2.05, 4.69) is 6.58 Å². The number of aliphatic hydroxyl groups is 2. The Balaban J connectivity index is 1.87. The van der Waals surface area contributed by atoms with Gasteiger partial charge in [-0.05, 0) is 13.8 Å². The molecule has 4 fully saturated rings. The summed E-state index contributed by atoms with van der Waals surface area (Å²) in [5.41, 5.74) is -3.87. The monoisotopic (exact) mass is 372 g/mol. The van der Waals surface area contributed by atoms with Gasteiger partial charge in [0.2, 0.25) is 0 Å². The Labute approximate surface area is 149 Å². The average molecular weight is 373 g/mol. The molecule has 25 heavy (non-hydrogen) atoms. The highest BCUT2D eigenvalue weighted by Crippen LogP contribution is 2.69. The van der Waals surface area contributed by atoms with Crippen LogP contribution in [0.1, 0.15) is 27.2 Å². The van der Waals surface area contributed by atoms with Gasteiger partial charge in [0.25, 0.3) is 0 Å². The van der Waals surface area contributed by atoms with Crippen LogP contribution in [-0.4, -0.2) is 62.6 Å². The van der Waals surface area contributed by atoms with Crippen LogP contribution in [0.15, 0.2) is 12.2 Å². The summed E-state index contributed by atoms with van der Waals surface area (Å²) in [6.07, 6.45) is -2.21. The van der Waals surface area contributed by atoms with Crippen molar-refractivity contribution in [3.63, 3.8) is 0 Å². The van der Waals surface area contributed by atoms with Crippen molar-refractivity contribution < 1.29 is 34.0 Å². The number of alkyl halides is 1. The fourth-order valence-corrected chi connectivity index (χ4v) is 5.66. The van der Waals surface area contributed by atoms with E-state index in [1.807, 2.05) is 0 Å². The van der Waals surface area contributed by atoms with E-state index in [0.717, 1.165) is 0 Å². The largest absolute Gasteiger partial charge is 0.462 e. The fraction of sp³-hybridized carbons (Fsp3) is 0.765. The zero-order chi connectivity index (χ0) is 18.5. The van der Waals surface area contributed by atoms with Gasteiger partial charge in [-0.2, -0.15) is 0 Å². The summed E-state index contributed by atoms with van der Waals surface area (Å²) >= 11 is 6.40. The number of hydrogen-bond acceptors (Lipinski definition) is 7. The third-order valence-corrected chi connectivity index (χ3v) is 7.02. The van der Waals surface area contributed by atoms with Crippen molar-refractivity contribution in [3.05, 3.63) is 12.2 Å². The van der Waals surface area contributed by atoms with Crippen LogP contribution in [0.2, 0.25) is 0 Å². The van der Waals surface area contributed by atoms with E-state index < -0.39 is 64.3 Å². The minimum absolute atomic E-state index is 0.0239. The number of hydrogen-bond donors (Lipinski definition) is 2. The second-order valence-corrected chi connectivity index (χ2v) is 8.45. The first-order valence-corrected chi connectivity index (χ1v) is 8.72. The summed E-state index contributed by atoms with van der Waals surface area (Å²) in [5.74, 6) is -2.58. The Morgan fingerprint density at radius 1 is 1.40 bits per heavy atom. The van der Waals surface area contributed by atoms with Crippen LogP contribution >= 0.6 is 11.6 Å². The number of carbonyl (C=O) groups is 2. The summed E-state index contributed by atoms with van der Waals surface area (Å²) in [6, 6.07) is 0. The van der Waals surface area contributed by atoms with E-state index in [4.69, 9.17) is 25.8 Å². The van der Waals surface area contributed by atoms with Crippen molar-refractivity contribution in [2.75, 3.05) is 0 Å². The zero-order valence-corrected chi connectivity index (χ0v) is 14.9. The summed E-state index contributed by atoms with van der Waals surface area (Å²) < 4.78 is 16.7. The molecule has 138 valence electrons. The number of fused-ring (bicyclic) bond motifs is 2. The highest BCUT2D eigenvalue weighted by molar-refractivity contribution is 6.22.